The molecular formula is C23H39NO8. The molecule has 0 heterocycles. The van der Waals surface area contributed by atoms with Crippen LogP contribution < -0.4 is 5.32 Å². The molecule has 0 rings (SSSR count). The number of ether oxygens (including phenoxy) is 4. The zero-order valence-corrected chi connectivity index (χ0v) is 20.1. The third-order valence-electron chi connectivity index (χ3n) is 2.83. The van der Waals surface area contributed by atoms with Gasteiger partial charge in [0.2, 0.25) is 0 Å². The third kappa shape index (κ3) is 31.6. The molecule has 0 spiro atoms. The van der Waals surface area contributed by atoms with Crippen molar-refractivity contribution in [2.45, 2.75) is 78.7 Å². The van der Waals surface area contributed by atoms with E-state index in [4.69, 9.17) is 4.74 Å². The maximum absolute atomic E-state index is 11.1. The van der Waals surface area contributed by atoms with Crippen LogP contribution in [-0.2, 0) is 33.3 Å². The molecule has 1 amide bonds. The topological polar surface area (TPSA) is 117 Å². The van der Waals surface area contributed by atoms with Crippen LogP contribution in [0, 0.1) is 0 Å². The fourth-order valence-corrected chi connectivity index (χ4v) is 1.56. The number of carbonyl (C=O) groups excluding carboxylic acids is 4. The van der Waals surface area contributed by atoms with E-state index in [0.29, 0.717) is 12.8 Å². The molecule has 1 N–H and O–H groups in total. The summed E-state index contributed by atoms with van der Waals surface area (Å²) in [6.45, 7) is 19.2. The standard InChI is InChI=1S/C10H17NO4.C7H12O2.C6H10O2/c1-5-14-8(12)6-7-11-9(13)15-10(2,3)4;1-3-5-6-7(8)9-4-2;1-3-5-6(7)8-4-2/h5H,1,6-7H2,2-4H3,(H,11,13);4H,2-3,5-6H2,1H3;4H,2-3,5H2,1H3. The van der Waals surface area contributed by atoms with Crippen molar-refractivity contribution in [3.63, 3.8) is 0 Å². The summed E-state index contributed by atoms with van der Waals surface area (Å²) in [5.41, 5.74) is -0.536. The number of nitrogens with one attached hydrogen (secondary N) is 1. The van der Waals surface area contributed by atoms with E-state index >= 15 is 0 Å². The molecule has 0 saturated heterocycles. The van der Waals surface area contributed by atoms with Crippen molar-refractivity contribution in [2.75, 3.05) is 6.54 Å². The first-order valence-corrected chi connectivity index (χ1v) is 10.3. The summed E-state index contributed by atoms with van der Waals surface area (Å²) in [7, 11) is 0. The van der Waals surface area contributed by atoms with Crippen LogP contribution in [-0.4, -0.2) is 36.1 Å². The van der Waals surface area contributed by atoms with Gasteiger partial charge in [-0.25, -0.2) is 4.79 Å². The van der Waals surface area contributed by atoms with Crippen molar-refractivity contribution in [3.8, 4) is 0 Å². The quantitative estimate of drug-likeness (QED) is 0.264. The Morgan fingerprint density at radius 2 is 1.19 bits per heavy atom. The van der Waals surface area contributed by atoms with Crippen molar-refractivity contribution in [2.24, 2.45) is 0 Å². The molecule has 0 fully saturated rings. The van der Waals surface area contributed by atoms with E-state index in [1.54, 1.807) is 20.8 Å². The van der Waals surface area contributed by atoms with Crippen molar-refractivity contribution in [1.29, 1.82) is 0 Å². The van der Waals surface area contributed by atoms with Gasteiger partial charge in [0.15, 0.2) is 0 Å². The average Bonchev–Trinajstić information content (AvgIpc) is 2.67. The second-order valence-corrected chi connectivity index (χ2v) is 7.00. The molecular weight excluding hydrogens is 418 g/mol. The summed E-state index contributed by atoms with van der Waals surface area (Å²) >= 11 is 0. The summed E-state index contributed by atoms with van der Waals surface area (Å²) in [4.78, 5) is 42.8. The van der Waals surface area contributed by atoms with Crippen LogP contribution in [0.4, 0.5) is 4.79 Å². The summed E-state index contributed by atoms with van der Waals surface area (Å²) < 4.78 is 18.3. The lowest BCUT2D eigenvalue weighted by Gasteiger charge is -2.19. The Hall–Kier alpha value is -3.10. The summed E-state index contributed by atoms with van der Waals surface area (Å²) in [5.74, 6) is -0.838. The highest BCUT2D eigenvalue weighted by Gasteiger charge is 2.15. The molecule has 0 aliphatic heterocycles. The Morgan fingerprint density at radius 1 is 0.750 bits per heavy atom. The number of alkyl carbamates (subject to hydrolysis) is 1. The maximum atomic E-state index is 11.1. The first kappa shape index (κ1) is 33.5. The third-order valence-corrected chi connectivity index (χ3v) is 2.83. The molecule has 0 unspecified atom stereocenters. The Bertz CT molecular complexity index is 579. The Kier molecular flexibility index (Phi) is 23.7. The van der Waals surface area contributed by atoms with Gasteiger partial charge in [-0.3, -0.25) is 14.4 Å². The minimum atomic E-state index is -0.547. The predicted molar refractivity (Wildman–Crippen MR) is 122 cm³/mol. The van der Waals surface area contributed by atoms with E-state index in [0.717, 1.165) is 38.0 Å². The van der Waals surface area contributed by atoms with E-state index in [1.165, 1.54) is 0 Å². The molecule has 0 bridgehead atoms. The number of hydrogen-bond acceptors (Lipinski definition) is 8. The molecule has 0 aromatic heterocycles. The Labute approximate surface area is 191 Å². The van der Waals surface area contributed by atoms with Crippen molar-refractivity contribution in [3.05, 3.63) is 38.5 Å². The van der Waals surface area contributed by atoms with E-state index < -0.39 is 17.7 Å². The van der Waals surface area contributed by atoms with Crippen LogP contribution >= 0.6 is 0 Å². The van der Waals surface area contributed by atoms with Crippen LogP contribution in [0.25, 0.3) is 0 Å². The van der Waals surface area contributed by atoms with Gasteiger partial charge in [0, 0.05) is 19.4 Å². The van der Waals surface area contributed by atoms with Crippen LogP contribution in [0.1, 0.15) is 73.1 Å². The largest absolute Gasteiger partial charge is 0.444 e. The van der Waals surface area contributed by atoms with E-state index in [9.17, 15) is 19.2 Å². The molecule has 184 valence electrons. The summed E-state index contributed by atoms with van der Waals surface area (Å²) in [6, 6.07) is 0. The number of carbonyl (C=O) groups is 4. The molecule has 0 radical (unpaired) electrons. The highest BCUT2D eigenvalue weighted by Crippen LogP contribution is 2.06. The fourth-order valence-electron chi connectivity index (χ4n) is 1.56. The lowest BCUT2D eigenvalue weighted by molar-refractivity contribution is -0.139. The van der Waals surface area contributed by atoms with Crippen molar-refractivity contribution < 1.29 is 38.1 Å². The molecule has 0 aromatic carbocycles. The average molecular weight is 458 g/mol. The fraction of sp³-hybridized carbons (Fsp3) is 0.565. The molecule has 9 nitrogen and oxygen atoms in total. The summed E-state index contributed by atoms with van der Waals surface area (Å²) in [5, 5.41) is 2.43. The van der Waals surface area contributed by atoms with E-state index in [2.05, 4.69) is 39.3 Å². The first-order chi connectivity index (χ1) is 15.0. The number of unbranched alkanes of at least 4 members (excludes halogenated alkanes) is 1. The van der Waals surface area contributed by atoms with Crippen LogP contribution in [0.15, 0.2) is 38.5 Å². The minimum absolute atomic E-state index is 0.0886. The van der Waals surface area contributed by atoms with Crippen LogP contribution in [0.2, 0.25) is 0 Å². The monoisotopic (exact) mass is 457 g/mol. The lowest BCUT2D eigenvalue weighted by Crippen LogP contribution is -2.33. The summed E-state index contributed by atoms with van der Waals surface area (Å²) in [6.07, 6.45) is 6.63. The van der Waals surface area contributed by atoms with Crippen LogP contribution in [0.5, 0.6) is 0 Å². The Balaban J connectivity index is -0.000000424. The molecule has 9 heteroatoms. The normalized spacial score (nSPS) is 9.28. The van der Waals surface area contributed by atoms with Gasteiger partial charge in [0.25, 0.3) is 0 Å². The van der Waals surface area contributed by atoms with Crippen LogP contribution in [0.3, 0.4) is 0 Å². The predicted octanol–water partition coefficient (Wildman–Crippen LogP) is 4.92. The maximum Gasteiger partial charge on any atom is 0.407 e. The van der Waals surface area contributed by atoms with Gasteiger partial charge in [-0.1, -0.05) is 40.0 Å². The Morgan fingerprint density at radius 3 is 1.56 bits per heavy atom. The zero-order valence-electron chi connectivity index (χ0n) is 20.1. The molecule has 0 saturated carbocycles. The molecule has 0 aliphatic carbocycles. The van der Waals surface area contributed by atoms with Gasteiger partial charge in [-0.05, 0) is 33.6 Å². The molecule has 0 aromatic rings. The van der Waals surface area contributed by atoms with Gasteiger partial charge in [0.1, 0.15) is 5.60 Å². The number of rotatable bonds is 11. The van der Waals surface area contributed by atoms with Gasteiger partial charge < -0.3 is 24.3 Å². The van der Waals surface area contributed by atoms with Crippen molar-refractivity contribution in [1.82, 2.24) is 5.32 Å². The smallest absolute Gasteiger partial charge is 0.407 e. The minimum Gasteiger partial charge on any atom is -0.444 e. The van der Waals surface area contributed by atoms with E-state index in [-0.39, 0.29) is 24.9 Å². The molecule has 32 heavy (non-hydrogen) atoms. The van der Waals surface area contributed by atoms with Gasteiger partial charge >= 0.3 is 24.0 Å². The van der Waals surface area contributed by atoms with E-state index in [1.807, 2.05) is 13.8 Å². The second kappa shape index (κ2) is 22.6. The van der Waals surface area contributed by atoms with Crippen molar-refractivity contribution >= 4 is 24.0 Å². The highest BCUT2D eigenvalue weighted by atomic mass is 16.6. The molecule has 0 atom stereocenters. The van der Waals surface area contributed by atoms with Gasteiger partial charge in [-0.2, -0.15) is 0 Å². The van der Waals surface area contributed by atoms with Gasteiger partial charge in [-0.15, -0.1) is 0 Å². The SMILES string of the molecule is C=COC(=O)CCC.C=COC(=O)CCCC.C=COC(=O)CCNC(=O)OC(C)(C)C. The number of esters is 3. The highest BCUT2D eigenvalue weighted by molar-refractivity contribution is 5.72. The number of amides is 1. The lowest BCUT2D eigenvalue weighted by atomic mass is 10.2. The van der Waals surface area contributed by atoms with Gasteiger partial charge in [0.05, 0.1) is 25.2 Å². The second-order valence-electron chi connectivity index (χ2n) is 7.00. The number of hydrogen-bond donors (Lipinski definition) is 1. The molecule has 0 aliphatic rings. The first-order valence-electron chi connectivity index (χ1n) is 10.3. The zero-order chi connectivity index (χ0) is 25.4.